The Kier molecular flexibility index (Phi) is 5.09. The van der Waals surface area contributed by atoms with E-state index < -0.39 is 5.97 Å². The van der Waals surface area contributed by atoms with Crippen LogP contribution in [0.1, 0.15) is 46.0 Å². The lowest BCUT2D eigenvalue weighted by Gasteiger charge is -2.33. The van der Waals surface area contributed by atoms with Gasteiger partial charge in [-0.3, -0.25) is 9.69 Å². The molecular formula is C12H23NO2. The Labute approximate surface area is 92.5 Å². The van der Waals surface area contributed by atoms with Gasteiger partial charge in [0.15, 0.2) is 0 Å². The Balaban J connectivity index is 2.39. The normalized spacial score (nSPS) is 25.1. The van der Waals surface area contributed by atoms with Gasteiger partial charge in [-0.2, -0.15) is 0 Å². The average molecular weight is 213 g/mol. The zero-order chi connectivity index (χ0) is 11.3. The number of carbonyl (C=O) groups is 1. The molecule has 1 aliphatic heterocycles. The summed E-state index contributed by atoms with van der Waals surface area (Å²) in [7, 11) is 0. The Hall–Kier alpha value is -0.570. The van der Waals surface area contributed by atoms with Crippen molar-refractivity contribution < 1.29 is 9.90 Å². The summed E-state index contributed by atoms with van der Waals surface area (Å²) in [5.74, 6) is 0.0697. The molecule has 0 amide bonds. The van der Waals surface area contributed by atoms with Crippen molar-refractivity contribution in [2.75, 3.05) is 13.1 Å². The lowest BCUT2D eigenvalue weighted by Crippen LogP contribution is -2.45. The van der Waals surface area contributed by atoms with E-state index in [-0.39, 0.29) is 6.04 Å². The zero-order valence-electron chi connectivity index (χ0n) is 9.91. The van der Waals surface area contributed by atoms with Crippen LogP contribution in [-0.2, 0) is 4.79 Å². The van der Waals surface area contributed by atoms with Crippen molar-refractivity contribution >= 4 is 5.97 Å². The number of hydrogen-bond donors (Lipinski definition) is 1. The van der Waals surface area contributed by atoms with Crippen LogP contribution in [0.3, 0.4) is 0 Å². The first kappa shape index (κ1) is 12.5. The number of nitrogens with zero attached hydrogens (tertiary/aromatic N) is 1. The third kappa shape index (κ3) is 3.82. The molecule has 15 heavy (non-hydrogen) atoms. The highest BCUT2D eigenvalue weighted by Crippen LogP contribution is 2.19. The first-order valence-electron chi connectivity index (χ1n) is 6.12. The zero-order valence-corrected chi connectivity index (χ0v) is 9.91. The minimum absolute atomic E-state index is 0.220. The van der Waals surface area contributed by atoms with E-state index in [0.29, 0.717) is 5.92 Å². The second-order valence-corrected chi connectivity index (χ2v) is 4.69. The fourth-order valence-electron chi connectivity index (χ4n) is 2.13. The molecule has 1 heterocycles. The van der Waals surface area contributed by atoms with Crippen molar-refractivity contribution in [3.8, 4) is 0 Å². The van der Waals surface area contributed by atoms with E-state index in [9.17, 15) is 4.79 Å². The third-order valence-corrected chi connectivity index (χ3v) is 3.50. The van der Waals surface area contributed by atoms with Gasteiger partial charge in [-0.25, -0.2) is 0 Å². The van der Waals surface area contributed by atoms with Gasteiger partial charge in [0.1, 0.15) is 6.04 Å². The van der Waals surface area contributed by atoms with E-state index in [0.717, 1.165) is 38.8 Å². The Bertz CT molecular complexity index is 206. The van der Waals surface area contributed by atoms with Gasteiger partial charge < -0.3 is 5.11 Å². The molecule has 1 aliphatic rings. The molecule has 0 aromatic rings. The summed E-state index contributed by atoms with van der Waals surface area (Å²) in [5, 5.41) is 9.09. The van der Waals surface area contributed by atoms with Crippen LogP contribution in [0, 0.1) is 5.92 Å². The maximum absolute atomic E-state index is 11.0. The summed E-state index contributed by atoms with van der Waals surface area (Å²) in [6.07, 6.45) is 5.36. The maximum atomic E-state index is 11.0. The molecule has 1 rings (SSSR count). The molecular weight excluding hydrogens is 190 g/mol. The van der Waals surface area contributed by atoms with Gasteiger partial charge >= 0.3 is 5.97 Å². The van der Waals surface area contributed by atoms with Crippen LogP contribution in [0.15, 0.2) is 0 Å². The molecule has 0 aromatic heterocycles. The first-order chi connectivity index (χ1) is 7.15. The molecule has 0 radical (unpaired) electrons. The summed E-state index contributed by atoms with van der Waals surface area (Å²) < 4.78 is 0. The lowest BCUT2D eigenvalue weighted by molar-refractivity contribution is -0.144. The molecule has 0 spiro atoms. The minimum Gasteiger partial charge on any atom is -0.480 e. The molecule has 2 atom stereocenters. The lowest BCUT2D eigenvalue weighted by atomic mass is 9.99. The number of piperidine rings is 1. The molecule has 0 aromatic carbocycles. The van der Waals surface area contributed by atoms with Crippen molar-refractivity contribution in [3.63, 3.8) is 0 Å². The van der Waals surface area contributed by atoms with Crippen LogP contribution < -0.4 is 0 Å². The van der Waals surface area contributed by atoms with Crippen LogP contribution in [0.4, 0.5) is 0 Å². The smallest absolute Gasteiger partial charge is 0.320 e. The predicted molar refractivity (Wildman–Crippen MR) is 60.9 cm³/mol. The quantitative estimate of drug-likeness (QED) is 0.762. The largest absolute Gasteiger partial charge is 0.480 e. The molecule has 0 bridgehead atoms. The molecule has 1 N–H and O–H groups in total. The van der Waals surface area contributed by atoms with E-state index in [2.05, 4.69) is 18.7 Å². The van der Waals surface area contributed by atoms with Gasteiger partial charge in [-0.1, -0.05) is 26.7 Å². The first-order valence-corrected chi connectivity index (χ1v) is 6.12. The van der Waals surface area contributed by atoms with Crippen molar-refractivity contribution in [1.29, 1.82) is 0 Å². The molecule has 2 unspecified atom stereocenters. The Morgan fingerprint density at radius 2 is 2.27 bits per heavy atom. The summed E-state index contributed by atoms with van der Waals surface area (Å²) in [6, 6.07) is -0.220. The van der Waals surface area contributed by atoms with E-state index in [1.54, 1.807) is 0 Å². The monoisotopic (exact) mass is 213 g/mol. The molecule has 0 aliphatic carbocycles. The number of aliphatic carboxylic acids is 1. The average Bonchev–Trinajstić information content (AvgIpc) is 2.26. The molecule has 1 saturated heterocycles. The van der Waals surface area contributed by atoms with E-state index in [4.69, 9.17) is 5.11 Å². The number of likely N-dealkylation sites (tertiary alicyclic amines) is 1. The predicted octanol–water partition coefficient (Wildman–Crippen LogP) is 2.36. The number of hydrogen-bond acceptors (Lipinski definition) is 2. The number of rotatable bonds is 5. The van der Waals surface area contributed by atoms with Gasteiger partial charge in [0.05, 0.1) is 0 Å². The topological polar surface area (TPSA) is 40.5 Å². The van der Waals surface area contributed by atoms with Crippen LogP contribution in [0.2, 0.25) is 0 Å². The van der Waals surface area contributed by atoms with Crippen molar-refractivity contribution in [2.45, 2.75) is 52.0 Å². The standard InChI is InChI=1S/C12H23NO2/c1-3-10(2)7-9-13-8-5-4-6-11(13)12(14)15/h10-11H,3-9H2,1-2H3,(H,14,15). The van der Waals surface area contributed by atoms with Crippen molar-refractivity contribution in [1.82, 2.24) is 4.90 Å². The van der Waals surface area contributed by atoms with Crippen LogP contribution in [-0.4, -0.2) is 35.1 Å². The molecule has 3 heteroatoms. The van der Waals surface area contributed by atoms with Gasteiger partial charge in [0.2, 0.25) is 0 Å². The van der Waals surface area contributed by atoms with Gasteiger partial charge in [0.25, 0.3) is 0 Å². The van der Waals surface area contributed by atoms with Crippen LogP contribution >= 0.6 is 0 Å². The van der Waals surface area contributed by atoms with E-state index >= 15 is 0 Å². The minimum atomic E-state index is -0.640. The van der Waals surface area contributed by atoms with Gasteiger partial charge in [0, 0.05) is 0 Å². The van der Waals surface area contributed by atoms with Crippen molar-refractivity contribution in [3.05, 3.63) is 0 Å². The third-order valence-electron chi connectivity index (χ3n) is 3.50. The Morgan fingerprint density at radius 3 is 2.87 bits per heavy atom. The summed E-state index contributed by atoms with van der Waals surface area (Å²) >= 11 is 0. The fraction of sp³-hybridized carbons (Fsp3) is 0.917. The van der Waals surface area contributed by atoms with E-state index in [1.165, 1.54) is 6.42 Å². The maximum Gasteiger partial charge on any atom is 0.320 e. The number of carboxylic acids is 1. The summed E-state index contributed by atoms with van der Waals surface area (Å²) in [4.78, 5) is 13.2. The highest BCUT2D eigenvalue weighted by molar-refractivity contribution is 5.73. The highest BCUT2D eigenvalue weighted by Gasteiger charge is 2.27. The van der Waals surface area contributed by atoms with Crippen molar-refractivity contribution in [2.24, 2.45) is 5.92 Å². The van der Waals surface area contributed by atoms with E-state index in [1.807, 2.05) is 0 Å². The highest BCUT2D eigenvalue weighted by atomic mass is 16.4. The SMILES string of the molecule is CCC(C)CCN1CCCCC1C(=O)O. The van der Waals surface area contributed by atoms with Crippen LogP contribution in [0.25, 0.3) is 0 Å². The molecule has 0 saturated carbocycles. The molecule has 3 nitrogen and oxygen atoms in total. The second kappa shape index (κ2) is 6.11. The van der Waals surface area contributed by atoms with Gasteiger partial charge in [-0.15, -0.1) is 0 Å². The fourth-order valence-corrected chi connectivity index (χ4v) is 2.13. The summed E-state index contributed by atoms with van der Waals surface area (Å²) in [6.45, 7) is 6.34. The van der Waals surface area contributed by atoms with Crippen LogP contribution in [0.5, 0.6) is 0 Å². The number of carboxylic acid groups (broad SMARTS) is 1. The summed E-state index contributed by atoms with van der Waals surface area (Å²) in [5.41, 5.74) is 0. The molecule has 1 fully saturated rings. The second-order valence-electron chi connectivity index (χ2n) is 4.69. The van der Waals surface area contributed by atoms with Gasteiger partial charge in [-0.05, 0) is 38.3 Å². The molecule has 88 valence electrons. The Morgan fingerprint density at radius 1 is 1.53 bits per heavy atom.